The fourth-order valence-electron chi connectivity index (χ4n) is 1.86. The standard InChI is InChI=1S/C14H12BrNO3/c1-8-3-4-10(11(15)5-8)13(17)9-6-12(14(18)19)16(2)7-9/h3-7H,1-2H3,(H,18,19). The predicted octanol–water partition coefficient (Wildman–Crippen LogP) is 3.03. The first-order valence-corrected chi connectivity index (χ1v) is 6.40. The lowest BCUT2D eigenvalue weighted by Crippen LogP contribution is -2.02. The molecular weight excluding hydrogens is 310 g/mol. The second kappa shape index (κ2) is 5.01. The molecule has 1 aromatic carbocycles. The van der Waals surface area contributed by atoms with E-state index >= 15 is 0 Å². The summed E-state index contributed by atoms with van der Waals surface area (Å²) in [6, 6.07) is 6.82. The van der Waals surface area contributed by atoms with E-state index in [1.807, 2.05) is 19.1 Å². The molecular formula is C14H12BrNO3. The third-order valence-electron chi connectivity index (χ3n) is 2.86. The molecule has 0 atom stereocenters. The zero-order valence-electron chi connectivity index (χ0n) is 10.5. The van der Waals surface area contributed by atoms with Gasteiger partial charge in [-0.05, 0) is 30.7 Å². The van der Waals surface area contributed by atoms with Gasteiger partial charge in [-0.25, -0.2) is 4.79 Å². The van der Waals surface area contributed by atoms with E-state index in [9.17, 15) is 9.59 Å². The molecule has 98 valence electrons. The molecule has 0 radical (unpaired) electrons. The number of hydrogen-bond donors (Lipinski definition) is 1. The molecule has 2 aromatic rings. The zero-order valence-corrected chi connectivity index (χ0v) is 12.1. The van der Waals surface area contributed by atoms with Crippen LogP contribution in [0.15, 0.2) is 34.9 Å². The predicted molar refractivity (Wildman–Crippen MR) is 74.7 cm³/mol. The van der Waals surface area contributed by atoms with Crippen molar-refractivity contribution < 1.29 is 14.7 Å². The van der Waals surface area contributed by atoms with Crippen LogP contribution in [0.1, 0.15) is 32.0 Å². The van der Waals surface area contributed by atoms with E-state index in [0.717, 1.165) is 5.56 Å². The van der Waals surface area contributed by atoms with Crippen LogP contribution in [0.2, 0.25) is 0 Å². The van der Waals surface area contributed by atoms with Gasteiger partial charge in [0.2, 0.25) is 0 Å². The molecule has 5 heteroatoms. The lowest BCUT2D eigenvalue weighted by Gasteiger charge is -2.03. The molecule has 0 unspecified atom stereocenters. The van der Waals surface area contributed by atoms with Crippen molar-refractivity contribution >= 4 is 27.7 Å². The minimum atomic E-state index is -1.05. The lowest BCUT2D eigenvalue weighted by molar-refractivity contribution is 0.0686. The van der Waals surface area contributed by atoms with Gasteiger partial charge in [-0.3, -0.25) is 4.79 Å². The average Bonchev–Trinajstić information content (AvgIpc) is 2.70. The molecule has 2 rings (SSSR count). The number of aromatic carboxylic acids is 1. The minimum absolute atomic E-state index is 0.0894. The van der Waals surface area contributed by atoms with E-state index in [4.69, 9.17) is 5.11 Å². The average molecular weight is 322 g/mol. The van der Waals surface area contributed by atoms with Gasteiger partial charge in [0.1, 0.15) is 5.69 Å². The van der Waals surface area contributed by atoms with Crippen LogP contribution >= 0.6 is 15.9 Å². The summed E-state index contributed by atoms with van der Waals surface area (Å²) in [7, 11) is 1.60. The number of carboxylic acids is 1. The zero-order chi connectivity index (χ0) is 14.2. The Bertz CT molecular complexity index is 673. The van der Waals surface area contributed by atoms with Crippen LogP contribution in [0.3, 0.4) is 0 Å². The second-order valence-corrected chi connectivity index (χ2v) is 5.20. The van der Waals surface area contributed by atoms with Crippen molar-refractivity contribution in [2.45, 2.75) is 6.92 Å². The molecule has 0 spiro atoms. The van der Waals surface area contributed by atoms with E-state index in [2.05, 4.69) is 15.9 Å². The Kier molecular flexibility index (Phi) is 3.57. The first-order chi connectivity index (χ1) is 8.90. The molecule has 0 aliphatic heterocycles. The highest BCUT2D eigenvalue weighted by Gasteiger charge is 2.18. The fraction of sp³-hybridized carbons (Fsp3) is 0.143. The Morgan fingerprint density at radius 2 is 1.95 bits per heavy atom. The van der Waals surface area contributed by atoms with Crippen LogP contribution in [0.4, 0.5) is 0 Å². The van der Waals surface area contributed by atoms with Crippen LogP contribution < -0.4 is 0 Å². The molecule has 0 saturated heterocycles. The maximum absolute atomic E-state index is 12.3. The summed E-state index contributed by atoms with van der Waals surface area (Å²) >= 11 is 3.36. The number of ketones is 1. The number of carbonyl (C=O) groups excluding carboxylic acids is 1. The van der Waals surface area contributed by atoms with Gasteiger partial charge in [-0.1, -0.05) is 22.0 Å². The van der Waals surface area contributed by atoms with E-state index in [-0.39, 0.29) is 11.5 Å². The fourth-order valence-corrected chi connectivity index (χ4v) is 2.53. The Hall–Kier alpha value is -1.88. The monoisotopic (exact) mass is 321 g/mol. The Labute approximate surface area is 118 Å². The molecule has 0 amide bonds. The van der Waals surface area contributed by atoms with Crippen molar-refractivity contribution in [1.29, 1.82) is 0 Å². The van der Waals surface area contributed by atoms with Gasteiger partial charge < -0.3 is 9.67 Å². The number of carboxylic acid groups (broad SMARTS) is 1. The SMILES string of the molecule is Cc1ccc(C(=O)c2cc(C(=O)O)n(C)c2)c(Br)c1. The maximum atomic E-state index is 12.3. The molecule has 1 heterocycles. The number of carbonyl (C=O) groups is 2. The molecule has 1 aromatic heterocycles. The quantitative estimate of drug-likeness (QED) is 0.884. The number of hydrogen-bond acceptors (Lipinski definition) is 2. The Morgan fingerprint density at radius 1 is 1.26 bits per heavy atom. The Balaban J connectivity index is 2.44. The van der Waals surface area contributed by atoms with Crippen molar-refractivity contribution in [1.82, 2.24) is 4.57 Å². The summed E-state index contributed by atoms with van der Waals surface area (Å²) in [5.41, 5.74) is 2.02. The number of benzene rings is 1. The highest BCUT2D eigenvalue weighted by molar-refractivity contribution is 9.10. The second-order valence-electron chi connectivity index (χ2n) is 4.34. The number of aryl methyl sites for hydroxylation is 2. The third-order valence-corrected chi connectivity index (χ3v) is 3.51. The summed E-state index contributed by atoms with van der Waals surface area (Å²) in [4.78, 5) is 23.3. The molecule has 1 N–H and O–H groups in total. The summed E-state index contributed by atoms with van der Waals surface area (Å²) in [6.45, 7) is 1.93. The molecule has 19 heavy (non-hydrogen) atoms. The van der Waals surface area contributed by atoms with E-state index in [1.54, 1.807) is 13.1 Å². The maximum Gasteiger partial charge on any atom is 0.352 e. The van der Waals surface area contributed by atoms with E-state index in [0.29, 0.717) is 15.6 Å². The largest absolute Gasteiger partial charge is 0.477 e. The van der Waals surface area contributed by atoms with Crippen LogP contribution in [-0.4, -0.2) is 21.4 Å². The molecule has 4 nitrogen and oxygen atoms in total. The summed E-state index contributed by atoms with van der Waals surface area (Å²) in [5, 5.41) is 8.98. The van der Waals surface area contributed by atoms with Crippen LogP contribution in [0, 0.1) is 6.92 Å². The van der Waals surface area contributed by atoms with E-state index in [1.165, 1.54) is 16.8 Å². The topological polar surface area (TPSA) is 59.3 Å². The molecule has 0 aliphatic carbocycles. The Morgan fingerprint density at radius 3 is 2.47 bits per heavy atom. The molecule has 0 aliphatic rings. The first kappa shape index (κ1) is 13.5. The summed E-state index contributed by atoms with van der Waals surface area (Å²) in [5.74, 6) is -1.25. The number of aromatic nitrogens is 1. The summed E-state index contributed by atoms with van der Waals surface area (Å²) < 4.78 is 2.13. The third kappa shape index (κ3) is 2.61. The number of halogens is 1. The minimum Gasteiger partial charge on any atom is -0.477 e. The smallest absolute Gasteiger partial charge is 0.352 e. The molecule has 0 saturated carbocycles. The van der Waals surface area contributed by atoms with E-state index < -0.39 is 5.97 Å². The van der Waals surface area contributed by atoms with Gasteiger partial charge in [-0.15, -0.1) is 0 Å². The normalized spacial score (nSPS) is 10.5. The van der Waals surface area contributed by atoms with Crippen LogP contribution in [-0.2, 0) is 7.05 Å². The van der Waals surface area contributed by atoms with Crippen molar-refractivity contribution in [2.75, 3.05) is 0 Å². The number of nitrogens with zero attached hydrogens (tertiary/aromatic N) is 1. The van der Waals surface area contributed by atoms with Crippen molar-refractivity contribution in [3.05, 3.63) is 57.3 Å². The van der Waals surface area contributed by atoms with Crippen molar-refractivity contribution in [2.24, 2.45) is 7.05 Å². The first-order valence-electron chi connectivity index (χ1n) is 5.60. The highest BCUT2D eigenvalue weighted by Crippen LogP contribution is 2.22. The van der Waals surface area contributed by atoms with Crippen molar-refractivity contribution in [3.63, 3.8) is 0 Å². The van der Waals surface area contributed by atoms with Gasteiger partial charge >= 0.3 is 5.97 Å². The van der Waals surface area contributed by atoms with Crippen molar-refractivity contribution in [3.8, 4) is 0 Å². The highest BCUT2D eigenvalue weighted by atomic mass is 79.9. The van der Waals surface area contributed by atoms with Crippen LogP contribution in [0.5, 0.6) is 0 Å². The number of rotatable bonds is 3. The van der Waals surface area contributed by atoms with Crippen LogP contribution in [0.25, 0.3) is 0 Å². The lowest BCUT2D eigenvalue weighted by atomic mass is 10.0. The van der Waals surface area contributed by atoms with Gasteiger partial charge in [0.05, 0.1) is 0 Å². The van der Waals surface area contributed by atoms with Gasteiger partial charge in [0, 0.05) is 28.8 Å². The molecule has 0 fully saturated rings. The van der Waals surface area contributed by atoms with Gasteiger partial charge in [0.15, 0.2) is 5.78 Å². The van der Waals surface area contributed by atoms with Gasteiger partial charge in [0.25, 0.3) is 0 Å². The summed E-state index contributed by atoms with van der Waals surface area (Å²) in [6.07, 6.45) is 1.53. The van der Waals surface area contributed by atoms with Gasteiger partial charge in [-0.2, -0.15) is 0 Å². The molecule has 0 bridgehead atoms.